The highest BCUT2D eigenvalue weighted by Gasteiger charge is 2.77. The Morgan fingerprint density at radius 1 is 0.818 bits per heavy atom. The molecule has 1 aromatic carbocycles. The summed E-state index contributed by atoms with van der Waals surface area (Å²) in [5.74, 6) is 1.58. The number of imidazole rings is 1. The molecule has 0 bridgehead atoms. The SMILES string of the molecule is C=C(C)C1CC[C@]2(C(=O)N3CCC[C@H]3c3ncc(-c4ccccn4)[nH]3)CC[C@]3(C)[C@H](CC[C@@H]4[C@]5(C)CC[C@H]([C@@]6(C(=O)O)C[C@@H](C(=O)OCc7ccccc7)C6(C)C)C(C)(C)[C@H]5CC[C@]43C)[C@@H]12. The lowest BCUT2D eigenvalue weighted by atomic mass is 9.29. The number of benzene rings is 1. The Morgan fingerprint density at radius 2 is 1.56 bits per heavy atom. The number of likely N-dealkylation sites (tertiary alicyclic amines) is 1. The smallest absolute Gasteiger partial charge is 0.310 e. The summed E-state index contributed by atoms with van der Waals surface area (Å²) in [4.78, 5) is 58.4. The molecule has 3 heterocycles. The summed E-state index contributed by atoms with van der Waals surface area (Å²) in [6, 6.07) is 15.6. The molecule has 7 aliphatic rings. The topological polar surface area (TPSA) is 125 Å². The van der Waals surface area contributed by atoms with E-state index in [1.165, 1.54) is 5.57 Å². The van der Waals surface area contributed by atoms with Gasteiger partial charge >= 0.3 is 11.9 Å². The summed E-state index contributed by atoms with van der Waals surface area (Å²) in [7, 11) is 0. The summed E-state index contributed by atoms with van der Waals surface area (Å²) in [5, 5.41) is 11.4. The van der Waals surface area contributed by atoms with Crippen molar-refractivity contribution in [3.8, 4) is 11.4 Å². The van der Waals surface area contributed by atoms with E-state index in [9.17, 15) is 14.7 Å². The second kappa shape index (κ2) is 15.6. The normalized spacial score (nSPS) is 40.8. The molecule has 1 aliphatic heterocycles. The van der Waals surface area contributed by atoms with Crippen molar-refractivity contribution in [3.63, 3.8) is 0 Å². The minimum absolute atomic E-state index is 0.0519. The quantitative estimate of drug-likeness (QED) is 0.162. The number of hydrogen-bond donors (Lipinski definition) is 2. The van der Waals surface area contributed by atoms with Crippen LogP contribution in [0.1, 0.15) is 156 Å². The van der Waals surface area contributed by atoms with Crippen LogP contribution in [0.5, 0.6) is 0 Å². The van der Waals surface area contributed by atoms with Crippen LogP contribution < -0.4 is 0 Å². The molecule has 13 atom stereocenters. The summed E-state index contributed by atoms with van der Waals surface area (Å²) in [6.45, 7) is 24.5. The van der Waals surface area contributed by atoms with Gasteiger partial charge in [-0.3, -0.25) is 19.4 Å². The van der Waals surface area contributed by atoms with Crippen LogP contribution in [-0.4, -0.2) is 49.3 Å². The van der Waals surface area contributed by atoms with Crippen LogP contribution in [0.2, 0.25) is 0 Å². The zero-order chi connectivity index (χ0) is 46.8. The average molecular weight is 897 g/mol. The predicted octanol–water partition coefficient (Wildman–Crippen LogP) is 12.3. The maximum Gasteiger partial charge on any atom is 0.310 e. The van der Waals surface area contributed by atoms with E-state index in [4.69, 9.17) is 9.72 Å². The van der Waals surface area contributed by atoms with Crippen molar-refractivity contribution in [1.82, 2.24) is 19.9 Å². The lowest BCUT2D eigenvalue weighted by molar-refractivity contribution is -0.269. The molecule has 6 aliphatic carbocycles. The Balaban J connectivity index is 0.908. The molecular weight excluding hydrogens is 821 g/mol. The molecule has 2 aromatic heterocycles. The number of carbonyl (C=O) groups is 3. The molecule has 3 aromatic rings. The molecule has 7 fully saturated rings. The Bertz CT molecular complexity index is 2390. The molecule has 0 spiro atoms. The molecule has 9 nitrogen and oxygen atoms in total. The number of carboxylic acids is 1. The number of rotatable bonds is 9. The van der Waals surface area contributed by atoms with Crippen LogP contribution in [0.3, 0.4) is 0 Å². The van der Waals surface area contributed by atoms with Crippen LogP contribution in [0.15, 0.2) is 73.1 Å². The third-order valence-corrected chi connectivity index (χ3v) is 21.9. The van der Waals surface area contributed by atoms with E-state index < -0.39 is 28.1 Å². The number of carboxylic acid groups (broad SMARTS) is 1. The van der Waals surface area contributed by atoms with Gasteiger partial charge in [-0.1, -0.05) is 97.0 Å². The molecule has 1 amide bonds. The summed E-state index contributed by atoms with van der Waals surface area (Å²) >= 11 is 0. The van der Waals surface area contributed by atoms with Crippen LogP contribution in [-0.2, 0) is 25.7 Å². The number of nitrogens with zero attached hydrogens (tertiary/aromatic N) is 3. The second-order valence-corrected chi connectivity index (χ2v) is 24.7. The molecule has 6 saturated carbocycles. The zero-order valence-electron chi connectivity index (χ0n) is 41.1. The Kier molecular flexibility index (Phi) is 10.8. The lowest BCUT2D eigenvalue weighted by Crippen LogP contribution is -2.71. The lowest BCUT2D eigenvalue weighted by Gasteiger charge is -2.74. The maximum absolute atomic E-state index is 15.6. The van der Waals surface area contributed by atoms with Crippen molar-refractivity contribution in [2.24, 2.45) is 79.3 Å². The molecule has 0 radical (unpaired) electrons. The van der Waals surface area contributed by atoms with Gasteiger partial charge in [-0.2, -0.15) is 0 Å². The van der Waals surface area contributed by atoms with E-state index in [2.05, 4.69) is 63.0 Å². The van der Waals surface area contributed by atoms with Gasteiger partial charge in [0.25, 0.3) is 0 Å². The molecule has 2 N–H and O–H groups in total. The first kappa shape index (κ1) is 45.5. The van der Waals surface area contributed by atoms with Crippen LogP contribution in [0.25, 0.3) is 11.4 Å². The number of aliphatic carboxylic acids is 1. The van der Waals surface area contributed by atoms with Crippen LogP contribution in [0, 0.1) is 79.3 Å². The van der Waals surface area contributed by atoms with Gasteiger partial charge in [-0.15, -0.1) is 0 Å². The van der Waals surface area contributed by atoms with Gasteiger partial charge in [-0.05, 0) is 171 Å². The van der Waals surface area contributed by atoms with Gasteiger partial charge in [0.2, 0.25) is 5.91 Å². The van der Waals surface area contributed by atoms with Crippen molar-refractivity contribution in [2.75, 3.05) is 6.54 Å². The Morgan fingerprint density at radius 3 is 2.26 bits per heavy atom. The third-order valence-electron chi connectivity index (χ3n) is 21.9. The molecule has 1 unspecified atom stereocenters. The molecule has 354 valence electrons. The zero-order valence-corrected chi connectivity index (χ0v) is 41.1. The fourth-order valence-corrected chi connectivity index (χ4v) is 18.5. The van der Waals surface area contributed by atoms with Crippen molar-refractivity contribution in [1.29, 1.82) is 0 Å². The second-order valence-electron chi connectivity index (χ2n) is 24.7. The van der Waals surface area contributed by atoms with Crippen LogP contribution >= 0.6 is 0 Å². The summed E-state index contributed by atoms with van der Waals surface area (Å²) < 4.78 is 5.87. The Hall–Kier alpha value is -4.27. The minimum Gasteiger partial charge on any atom is -0.481 e. The Labute approximate surface area is 393 Å². The third kappa shape index (κ3) is 6.17. The number of fused-ring (bicyclic) bond motifs is 7. The van der Waals surface area contributed by atoms with Gasteiger partial charge in [-0.25, -0.2) is 4.98 Å². The monoisotopic (exact) mass is 897 g/mol. The summed E-state index contributed by atoms with van der Waals surface area (Å²) in [6.07, 6.45) is 16.2. The number of aromatic amines is 1. The number of aromatic nitrogens is 3. The fourth-order valence-electron chi connectivity index (χ4n) is 18.5. The van der Waals surface area contributed by atoms with Crippen molar-refractivity contribution in [2.45, 2.75) is 152 Å². The summed E-state index contributed by atoms with van der Waals surface area (Å²) in [5.41, 5.74) is 1.72. The van der Waals surface area contributed by atoms with E-state index in [0.29, 0.717) is 36.0 Å². The molecular formula is C57H76N4O5. The standard InChI is InChI=1S/C57H76N4O5/c1-35(2)37-22-27-56(49(63)61-31-15-19-42(61)47-59-33-41(60-47)40-18-13-14-30-58-40)29-28-54(8)38(46(37)56)20-21-45-53(7)25-23-44(51(3,4)43(53)24-26-55(45,54)9)57(50(64)65)32-39(52(57,5)6)48(62)66-34-36-16-11-10-12-17-36/h10-14,16-18,30,33,37-39,42-46H,1,15,19-29,31-32,34H2,2-9H3,(H,59,60)(H,64,65)/t37?,38-,39+,42+,43-,44+,45-,46-,53-,54-,55-,56+,57-/m1/s1. The highest BCUT2D eigenvalue weighted by atomic mass is 16.5. The number of esters is 1. The molecule has 1 saturated heterocycles. The molecule has 10 rings (SSSR count). The highest BCUT2D eigenvalue weighted by molar-refractivity contribution is 5.85. The first-order valence-corrected chi connectivity index (χ1v) is 25.6. The highest BCUT2D eigenvalue weighted by Crippen LogP contribution is 2.80. The van der Waals surface area contributed by atoms with Gasteiger partial charge in [0.15, 0.2) is 0 Å². The number of pyridine rings is 1. The number of hydrogen-bond acceptors (Lipinski definition) is 6. The largest absolute Gasteiger partial charge is 0.481 e. The van der Waals surface area contributed by atoms with E-state index in [0.717, 1.165) is 106 Å². The van der Waals surface area contributed by atoms with Crippen molar-refractivity contribution < 1.29 is 24.2 Å². The van der Waals surface area contributed by atoms with E-state index in [1.807, 2.05) is 68.6 Å². The van der Waals surface area contributed by atoms with Gasteiger partial charge in [0.05, 0.1) is 40.4 Å². The number of amides is 1. The number of ether oxygens (including phenoxy) is 1. The molecule has 9 heteroatoms. The fraction of sp³-hybridized carbons (Fsp3) is 0.667. The number of allylic oxidation sites excluding steroid dienone is 1. The number of H-pyrrole nitrogens is 1. The number of carbonyl (C=O) groups excluding carboxylic acids is 2. The van der Waals surface area contributed by atoms with E-state index >= 15 is 4.79 Å². The van der Waals surface area contributed by atoms with Crippen LogP contribution in [0.4, 0.5) is 0 Å². The number of nitrogens with one attached hydrogen (secondary N) is 1. The first-order chi connectivity index (χ1) is 31.3. The van der Waals surface area contributed by atoms with E-state index in [-0.39, 0.29) is 52.1 Å². The van der Waals surface area contributed by atoms with E-state index in [1.54, 1.807) is 6.20 Å². The maximum atomic E-state index is 15.6. The van der Waals surface area contributed by atoms with Gasteiger partial charge < -0.3 is 19.7 Å². The first-order valence-electron chi connectivity index (χ1n) is 25.6. The predicted molar refractivity (Wildman–Crippen MR) is 256 cm³/mol. The van der Waals surface area contributed by atoms with Gasteiger partial charge in [0.1, 0.15) is 12.4 Å². The van der Waals surface area contributed by atoms with Crippen molar-refractivity contribution >= 4 is 17.8 Å². The average Bonchev–Trinajstić information content (AvgIpc) is 4.07. The van der Waals surface area contributed by atoms with Crippen molar-refractivity contribution in [3.05, 3.63) is 84.5 Å². The molecule has 66 heavy (non-hydrogen) atoms. The van der Waals surface area contributed by atoms with Gasteiger partial charge in [0, 0.05) is 12.7 Å². The minimum atomic E-state index is -1.01.